The summed E-state index contributed by atoms with van der Waals surface area (Å²) < 4.78 is 0. The van der Waals surface area contributed by atoms with Gasteiger partial charge in [0.05, 0.1) is 0 Å². The molecule has 1 aliphatic heterocycles. The maximum Gasteiger partial charge on any atom is 0.241 e. The molecule has 0 N–H and O–H groups in total. The van der Waals surface area contributed by atoms with Crippen molar-refractivity contribution in [2.45, 2.75) is 12.6 Å². The van der Waals surface area contributed by atoms with Crippen LogP contribution in [0.25, 0.3) is 11.1 Å². The maximum absolute atomic E-state index is 13.0. The molecule has 0 saturated carbocycles. The molecule has 6 nitrogen and oxygen atoms in total. The van der Waals surface area contributed by atoms with Crippen molar-refractivity contribution in [2.24, 2.45) is 0 Å². The lowest BCUT2D eigenvalue weighted by Gasteiger charge is -2.41. The number of nitrogens with zero attached hydrogens (tertiary/aromatic N) is 5. The van der Waals surface area contributed by atoms with E-state index >= 15 is 0 Å². The van der Waals surface area contributed by atoms with Gasteiger partial charge in [0.15, 0.2) is 0 Å². The summed E-state index contributed by atoms with van der Waals surface area (Å²) in [5, 5.41) is 0.729. The molecule has 0 aliphatic carbocycles. The van der Waals surface area contributed by atoms with Crippen LogP contribution in [0.4, 0.5) is 5.95 Å². The molecule has 1 amide bonds. The second-order valence-corrected chi connectivity index (χ2v) is 8.36. The van der Waals surface area contributed by atoms with Crippen LogP contribution in [0.5, 0.6) is 0 Å². The van der Waals surface area contributed by atoms with Crippen LogP contribution in [0.3, 0.4) is 0 Å². The Labute approximate surface area is 188 Å². The van der Waals surface area contributed by atoms with E-state index in [4.69, 9.17) is 11.6 Å². The summed E-state index contributed by atoms with van der Waals surface area (Å²) in [6.07, 6.45) is 3.47. The smallest absolute Gasteiger partial charge is 0.241 e. The van der Waals surface area contributed by atoms with Gasteiger partial charge in [0.25, 0.3) is 0 Å². The number of piperazine rings is 1. The average Bonchev–Trinajstić information content (AvgIpc) is 2.80. The summed E-state index contributed by atoms with van der Waals surface area (Å²) in [5.74, 6) is 0.765. The molecule has 0 radical (unpaired) electrons. The normalized spacial score (nSPS) is 16.9. The fourth-order valence-electron chi connectivity index (χ4n) is 3.88. The third kappa shape index (κ3) is 5.03. The van der Waals surface area contributed by atoms with E-state index in [1.807, 2.05) is 18.2 Å². The van der Waals surface area contributed by atoms with Crippen LogP contribution in [0.2, 0.25) is 5.02 Å². The quantitative estimate of drug-likeness (QED) is 0.613. The molecule has 3 aromatic rings. The Kier molecular flexibility index (Phi) is 6.49. The highest BCUT2D eigenvalue weighted by Gasteiger charge is 2.34. The highest BCUT2D eigenvalue weighted by molar-refractivity contribution is 6.30. The predicted molar refractivity (Wildman–Crippen MR) is 124 cm³/mol. The fourth-order valence-corrected chi connectivity index (χ4v) is 4.07. The number of hydrogen-bond acceptors (Lipinski definition) is 5. The highest BCUT2D eigenvalue weighted by atomic mass is 35.5. The molecule has 1 saturated heterocycles. The van der Waals surface area contributed by atoms with Gasteiger partial charge in [0.2, 0.25) is 11.9 Å². The van der Waals surface area contributed by atoms with Crippen LogP contribution < -0.4 is 4.90 Å². The third-order valence-corrected chi connectivity index (χ3v) is 5.78. The number of carbonyl (C=O) groups is 1. The zero-order valence-electron chi connectivity index (χ0n) is 17.8. The molecule has 2 heterocycles. The Morgan fingerprint density at radius 3 is 2.45 bits per heavy atom. The number of anilines is 1. The molecule has 4 rings (SSSR count). The van der Waals surface area contributed by atoms with E-state index in [1.54, 1.807) is 37.5 Å². The largest absolute Gasteiger partial charge is 0.347 e. The number of amides is 1. The van der Waals surface area contributed by atoms with E-state index in [2.05, 4.69) is 50.1 Å². The highest BCUT2D eigenvalue weighted by Crippen LogP contribution is 2.24. The summed E-state index contributed by atoms with van der Waals surface area (Å²) in [6, 6.07) is 17.9. The first-order valence-electron chi connectivity index (χ1n) is 10.3. The Morgan fingerprint density at radius 2 is 1.77 bits per heavy atom. The number of benzene rings is 2. The minimum Gasteiger partial charge on any atom is -0.347 e. The Bertz CT molecular complexity index is 1030. The van der Waals surface area contributed by atoms with Crippen molar-refractivity contribution in [3.05, 3.63) is 77.6 Å². The first kappa shape index (κ1) is 21.3. The number of rotatable bonds is 5. The van der Waals surface area contributed by atoms with E-state index < -0.39 is 0 Å². The first-order chi connectivity index (χ1) is 15.0. The zero-order valence-corrected chi connectivity index (χ0v) is 18.5. The van der Waals surface area contributed by atoms with Gasteiger partial charge in [0.1, 0.15) is 6.04 Å². The van der Waals surface area contributed by atoms with Gasteiger partial charge in [-0.15, -0.1) is 0 Å². The molecule has 7 heteroatoms. The Morgan fingerprint density at radius 1 is 1.03 bits per heavy atom. The molecule has 1 atom stereocenters. The molecule has 31 heavy (non-hydrogen) atoms. The van der Waals surface area contributed by atoms with Crippen LogP contribution in [0.15, 0.2) is 67.0 Å². The molecular formula is C24H26ClN5O. The van der Waals surface area contributed by atoms with Gasteiger partial charge in [-0.3, -0.25) is 9.69 Å². The van der Waals surface area contributed by atoms with E-state index in [0.717, 1.165) is 29.2 Å². The van der Waals surface area contributed by atoms with Crippen LogP contribution in [0, 0.1) is 0 Å². The molecule has 1 aromatic heterocycles. The Balaban J connectivity index is 1.50. The average molecular weight is 436 g/mol. The second-order valence-electron chi connectivity index (χ2n) is 7.92. The fraction of sp³-hybridized carbons (Fsp3) is 0.292. The van der Waals surface area contributed by atoms with E-state index in [1.165, 1.54) is 5.56 Å². The summed E-state index contributed by atoms with van der Waals surface area (Å²) in [6.45, 7) is 2.82. The standard InChI is InChI=1S/C24H26ClN5O/c1-28(2)23(31)22-17-30(24-26-11-4-12-27-24)14-13-29(22)16-18-7-9-19(10-8-18)20-5-3-6-21(25)15-20/h3-12,15,22H,13-14,16-17H2,1-2H3. The first-order valence-corrected chi connectivity index (χ1v) is 10.7. The molecule has 2 aromatic carbocycles. The predicted octanol–water partition coefficient (Wildman–Crippen LogP) is 3.58. The molecule has 1 unspecified atom stereocenters. The molecule has 1 aliphatic rings. The van der Waals surface area contributed by atoms with Gasteiger partial charge in [0, 0.05) is 57.7 Å². The molecule has 1 fully saturated rings. The van der Waals surface area contributed by atoms with Crippen LogP contribution >= 0.6 is 11.6 Å². The van der Waals surface area contributed by atoms with E-state index in [9.17, 15) is 4.79 Å². The van der Waals surface area contributed by atoms with Crippen molar-refractivity contribution in [1.29, 1.82) is 0 Å². The van der Waals surface area contributed by atoms with Crippen molar-refractivity contribution >= 4 is 23.5 Å². The number of likely N-dealkylation sites (N-methyl/N-ethyl adjacent to an activating group) is 1. The van der Waals surface area contributed by atoms with Gasteiger partial charge < -0.3 is 9.80 Å². The zero-order chi connectivity index (χ0) is 21.8. The van der Waals surface area contributed by atoms with Crippen LogP contribution in [-0.2, 0) is 11.3 Å². The van der Waals surface area contributed by atoms with E-state index in [-0.39, 0.29) is 11.9 Å². The summed E-state index contributed by atoms with van der Waals surface area (Å²) in [5.41, 5.74) is 3.39. The topological polar surface area (TPSA) is 52.6 Å². The van der Waals surface area contributed by atoms with Crippen molar-refractivity contribution in [3.8, 4) is 11.1 Å². The summed E-state index contributed by atoms with van der Waals surface area (Å²) in [4.78, 5) is 27.7. The lowest BCUT2D eigenvalue weighted by molar-refractivity contribution is -0.135. The maximum atomic E-state index is 13.0. The lowest BCUT2D eigenvalue weighted by Crippen LogP contribution is -2.58. The number of carbonyl (C=O) groups excluding carboxylic acids is 1. The lowest BCUT2D eigenvalue weighted by atomic mass is 10.0. The number of halogens is 1. The van der Waals surface area contributed by atoms with Gasteiger partial charge in [-0.05, 0) is 34.9 Å². The number of hydrogen-bond donors (Lipinski definition) is 0. The van der Waals surface area contributed by atoms with Gasteiger partial charge in [-0.25, -0.2) is 9.97 Å². The van der Waals surface area contributed by atoms with Crippen molar-refractivity contribution in [2.75, 3.05) is 38.6 Å². The SMILES string of the molecule is CN(C)C(=O)C1CN(c2ncccn2)CCN1Cc1ccc(-c2cccc(Cl)c2)cc1. The molecule has 0 bridgehead atoms. The van der Waals surface area contributed by atoms with Crippen molar-refractivity contribution in [1.82, 2.24) is 19.8 Å². The summed E-state index contributed by atoms with van der Waals surface area (Å²) >= 11 is 6.13. The van der Waals surface area contributed by atoms with E-state index in [0.29, 0.717) is 19.0 Å². The molecular weight excluding hydrogens is 410 g/mol. The number of aromatic nitrogens is 2. The van der Waals surface area contributed by atoms with Crippen LogP contribution in [-0.4, -0.2) is 65.4 Å². The summed E-state index contributed by atoms with van der Waals surface area (Å²) in [7, 11) is 3.61. The molecule has 160 valence electrons. The van der Waals surface area contributed by atoms with Gasteiger partial charge in [-0.2, -0.15) is 0 Å². The second kappa shape index (κ2) is 9.45. The monoisotopic (exact) mass is 435 g/mol. The molecule has 0 spiro atoms. The van der Waals surface area contributed by atoms with Gasteiger partial charge >= 0.3 is 0 Å². The van der Waals surface area contributed by atoms with Gasteiger partial charge in [-0.1, -0.05) is 48.0 Å². The van der Waals surface area contributed by atoms with Crippen LogP contribution in [0.1, 0.15) is 5.56 Å². The minimum absolute atomic E-state index is 0.0937. The van der Waals surface area contributed by atoms with Crippen molar-refractivity contribution < 1.29 is 4.79 Å². The third-order valence-electron chi connectivity index (χ3n) is 5.55. The Hall–Kier alpha value is -2.96. The van der Waals surface area contributed by atoms with Crippen molar-refractivity contribution in [3.63, 3.8) is 0 Å². The minimum atomic E-state index is -0.250.